The van der Waals surface area contributed by atoms with Gasteiger partial charge in [-0.2, -0.15) is 0 Å². The van der Waals surface area contributed by atoms with Crippen LogP contribution in [0.5, 0.6) is 0 Å². The molecule has 14 heavy (non-hydrogen) atoms. The Kier molecular flexibility index (Phi) is 2.65. The van der Waals surface area contributed by atoms with Crippen molar-refractivity contribution in [1.29, 1.82) is 0 Å². The van der Waals surface area contributed by atoms with E-state index >= 15 is 0 Å². The van der Waals surface area contributed by atoms with Crippen molar-refractivity contribution in [2.75, 3.05) is 0 Å². The average molecular weight is 226 g/mol. The molecule has 2 aliphatic carbocycles. The Morgan fingerprint density at radius 3 is 2.71 bits per heavy atom. The smallest absolute Gasteiger partial charge is 0.212 e. The molecular formula is C10H10O2S2. The summed E-state index contributed by atoms with van der Waals surface area (Å²) in [5, 5.41) is 0. The molecule has 0 aliphatic heterocycles. The average Bonchev–Trinajstić information content (AvgIpc) is 2.71. The second kappa shape index (κ2) is 3.79. The first-order valence-electron chi connectivity index (χ1n) is 4.35. The number of hydrogen-bond acceptors (Lipinski definition) is 3. The first-order chi connectivity index (χ1) is 6.68. The Labute approximate surface area is 87.4 Å². The highest BCUT2D eigenvalue weighted by atomic mass is 33.1. The summed E-state index contributed by atoms with van der Waals surface area (Å²) in [7, 11) is -2.20. The molecule has 2 aliphatic rings. The standard InChI is InChI=1S/C10H10O2S2/c11-14(12,10-7-3-4-8-10)13-9-5-1-2-6-9/h1,3-7H,2,8H2. The highest BCUT2D eigenvalue weighted by Crippen LogP contribution is 2.35. The van der Waals surface area contributed by atoms with Gasteiger partial charge in [0.25, 0.3) is 0 Å². The predicted molar refractivity (Wildman–Crippen MR) is 60.2 cm³/mol. The maximum Gasteiger partial charge on any atom is 0.231 e. The molecular weight excluding hydrogens is 216 g/mol. The largest absolute Gasteiger partial charge is 0.231 e. The predicted octanol–water partition coefficient (Wildman–Crippen LogP) is 2.74. The third-order valence-corrected chi connectivity index (χ3v) is 5.54. The van der Waals surface area contributed by atoms with Crippen molar-refractivity contribution in [3.8, 4) is 0 Å². The van der Waals surface area contributed by atoms with Gasteiger partial charge in [-0.1, -0.05) is 30.4 Å². The normalized spacial score (nSPS) is 20.0. The van der Waals surface area contributed by atoms with Crippen molar-refractivity contribution < 1.29 is 8.42 Å². The van der Waals surface area contributed by atoms with Crippen LogP contribution in [0, 0.1) is 0 Å². The lowest BCUT2D eigenvalue weighted by molar-refractivity contribution is 0.615. The van der Waals surface area contributed by atoms with Crippen molar-refractivity contribution in [2.45, 2.75) is 12.8 Å². The van der Waals surface area contributed by atoms with E-state index in [-0.39, 0.29) is 0 Å². The van der Waals surface area contributed by atoms with Crippen molar-refractivity contribution in [1.82, 2.24) is 0 Å². The Balaban J connectivity index is 2.13. The molecule has 0 aromatic carbocycles. The van der Waals surface area contributed by atoms with Gasteiger partial charge >= 0.3 is 0 Å². The second-order valence-electron chi connectivity index (χ2n) is 3.05. The van der Waals surface area contributed by atoms with Gasteiger partial charge in [0.05, 0.1) is 4.91 Å². The third-order valence-electron chi connectivity index (χ3n) is 2.00. The summed E-state index contributed by atoms with van der Waals surface area (Å²) in [4.78, 5) is 1.33. The molecule has 0 heterocycles. The molecule has 2 nitrogen and oxygen atoms in total. The molecule has 0 atom stereocenters. The molecule has 0 amide bonds. The molecule has 74 valence electrons. The van der Waals surface area contributed by atoms with Crippen molar-refractivity contribution in [3.63, 3.8) is 0 Å². The minimum Gasteiger partial charge on any atom is -0.212 e. The van der Waals surface area contributed by atoms with Crippen LogP contribution in [-0.2, 0) is 8.87 Å². The Hall–Kier alpha value is -0.740. The zero-order valence-corrected chi connectivity index (χ0v) is 9.14. The van der Waals surface area contributed by atoms with Gasteiger partial charge < -0.3 is 0 Å². The van der Waals surface area contributed by atoms with E-state index in [0.29, 0.717) is 11.3 Å². The summed E-state index contributed by atoms with van der Waals surface area (Å²) in [5.41, 5.74) is 0. The quantitative estimate of drug-likeness (QED) is 0.694. The molecule has 0 spiro atoms. The van der Waals surface area contributed by atoms with Gasteiger partial charge in [0, 0.05) is 22.1 Å². The highest BCUT2D eigenvalue weighted by Gasteiger charge is 2.20. The first-order valence-corrected chi connectivity index (χ1v) is 7.17. The molecule has 4 heteroatoms. The molecule has 0 saturated heterocycles. The van der Waals surface area contributed by atoms with Gasteiger partial charge in [0.15, 0.2) is 0 Å². The summed E-state index contributed by atoms with van der Waals surface area (Å²) in [5.74, 6) is 0. The highest BCUT2D eigenvalue weighted by molar-refractivity contribution is 8.75. The molecule has 0 saturated carbocycles. The monoisotopic (exact) mass is 226 g/mol. The molecule has 0 N–H and O–H groups in total. The van der Waals surface area contributed by atoms with Crippen LogP contribution in [0.1, 0.15) is 12.8 Å². The topological polar surface area (TPSA) is 34.1 Å². The summed E-state index contributed by atoms with van der Waals surface area (Å²) in [6.45, 7) is 0. The van der Waals surface area contributed by atoms with Crippen LogP contribution in [0.4, 0.5) is 0 Å². The Bertz CT molecular complexity index is 451. The maximum atomic E-state index is 11.8. The summed E-state index contributed by atoms with van der Waals surface area (Å²) in [6.07, 6.45) is 12.4. The van der Waals surface area contributed by atoms with Gasteiger partial charge in [-0.05, 0) is 12.5 Å². The number of rotatable bonds is 3. The Morgan fingerprint density at radius 1 is 1.29 bits per heavy atom. The van der Waals surface area contributed by atoms with E-state index in [1.54, 1.807) is 12.2 Å². The van der Waals surface area contributed by atoms with Crippen LogP contribution in [0.3, 0.4) is 0 Å². The zero-order chi connectivity index (χ0) is 10.0. The zero-order valence-electron chi connectivity index (χ0n) is 7.51. The van der Waals surface area contributed by atoms with Crippen LogP contribution >= 0.6 is 10.8 Å². The molecule has 0 fully saturated rings. The molecule has 0 bridgehead atoms. The summed E-state index contributed by atoms with van der Waals surface area (Å²) < 4.78 is 23.5. The van der Waals surface area contributed by atoms with E-state index in [0.717, 1.165) is 22.1 Å². The van der Waals surface area contributed by atoms with E-state index in [2.05, 4.69) is 0 Å². The molecule has 2 rings (SSSR count). The molecule has 0 aromatic heterocycles. The molecule has 0 radical (unpaired) electrons. The maximum absolute atomic E-state index is 11.8. The van der Waals surface area contributed by atoms with E-state index < -0.39 is 8.87 Å². The minimum atomic E-state index is -3.15. The van der Waals surface area contributed by atoms with Gasteiger partial charge in [-0.3, -0.25) is 0 Å². The first kappa shape index (κ1) is 9.80. The van der Waals surface area contributed by atoms with Crippen molar-refractivity contribution >= 4 is 19.7 Å². The fraction of sp³-hybridized carbons (Fsp3) is 0.200. The van der Waals surface area contributed by atoms with E-state index in [1.807, 2.05) is 24.3 Å². The lowest BCUT2D eigenvalue weighted by Gasteiger charge is -2.02. The fourth-order valence-corrected chi connectivity index (χ4v) is 4.34. The number of allylic oxidation sites excluding steroid dienone is 7. The lowest BCUT2D eigenvalue weighted by Crippen LogP contribution is -1.96. The molecule has 0 aromatic rings. The van der Waals surface area contributed by atoms with Crippen LogP contribution in [0.25, 0.3) is 0 Å². The minimum absolute atomic E-state index is 0.503. The van der Waals surface area contributed by atoms with Gasteiger partial charge in [0.1, 0.15) is 0 Å². The fourth-order valence-electron chi connectivity index (χ4n) is 1.29. The van der Waals surface area contributed by atoms with Crippen LogP contribution in [-0.4, -0.2) is 8.42 Å². The molecule has 0 unspecified atom stereocenters. The van der Waals surface area contributed by atoms with Crippen LogP contribution in [0.15, 0.2) is 46.3 Å². The van der Waals surface area contributed by atoms with Crippen molar-refractivity contribution in [2.24, 2.45) is 0 Å². The van der Waals surface area contributed by atoms with E-state index in [4.69, 9.17) is 0 Å². The SMILES string of the molecule is O=S(=O)(SC1=CCC=C1)C1=CC=CC1. The third kappa shape index (κ3) is 2.01. The van der Waals surface area contributed by atoms with Gasteiger partial charge in [0.2, 0.25) is 8.87 Å². The lowest BCUT2D eigenvalue weighted by atomic mass is 10.5. The van der Waals surface area contributed by atoms with E-state index in [9.17, 15) is 8.42 Å². The van der Waals surface area contributed by atoms with Gasteiger partial charge in [-0.15, -0.1) is 0 Å². The Morgan fingerprint density at radius 2 is 2.14 bits per heavy atom. The van der Waals surface area contributed by atoms with Crippen LogP contribution in [0.2, 0.25) is 0 Å². The summed E-state index contributed by atoms with van der Waals surface area (Å²) >= 11 is 0. The van der Waals surface area contributed by atoms with Crippen molar-refractivity contribution in [3.05, 3.63) is 46.3 Å². The number of hydrogen-bond donors (Lipinski definition) is 0. The van der Waals surface area contributed by atoms with Gasteiger partial charge in [-0.25, -0.2) is 8.42 Å². The summed E-state index contributed by atoms with van der Waals surface area (Å²) in [6, 6.07) is 0. The second-order valence-corrected chi connectivity index (χ2v) is 6.93. The van der Waals surface area contributed by atoms with Crippen LogP contribution < -0.4 is 0 Å². The van der Waals surface area contributed by atoms with E-state index in [1.165, 1.54) is 0 Å².